The SMILES string of the molecule is COc1ccc(N2CC(O)(c3ccc(C)cc3)[N+]3=C2COCC3)cc1. The first-order valence-corrected chi connectivity index (χ1v) is 8.54. The number of ether oxygens (including phenoxy) is 2. The van der Waals surface area contributed by atoms with Crippen molar-refractivity contribution in [1.29, 1.82) is 0 Å². The molecule has 1 N–H and O–H groups in total. The Morgan fingerprint density at radius 1 is 1.12 bits per heavy atom. The summed E-state index contributed by atoms with van der Waals surface area (Å²) in [6.07, 6.45) is 0. The average molecular weight is 339 g/mol. The first-order chi connectivity index (χ1) is 12.1. The van der Waals surface area contributed by atoms with Crippen LogP contribution >= 0.6 is 0 Å². The smallest absolute Gasteiger partial charge is 0.281 e. The molecule has 0 radical (unpaired) electrons. The molecule has 2 aliphatic rings. The summed E-state index contributed by atoms with van der Waals surface area (Å²) in [4.78, 5) is 2.14. The van der Waals surface area contributed by atoms with Crippen LogP contribution in [0.4, 0.5) is 5.69 Å². The normalized spacial score (nSPS) is 22.9. The summed E-state index contributed by atoms with van der Waals surface area (Å²) >= 11 is 0. The van der Waals surface area contributed by atoms with E-state index in [0.29, 0.717) is 26.3 Å². The van der Waals surface area contributed by atoms with Crippen molar-refractivity contribution in [3.63, 3.8) is 0 Å². The molecular formula is C20H23N2O3+. The van der Waals surface area contributed by atoms with Crippen molar-refractivity contribution in [2.45, 2.75) is 12.6 Å². The standard InChI is InChI=1S/C20H23N2O3/c1-15-3-5-16(6-4-15)20(23)14-21(19-13-25-12-11-22(19)20)17-7-9-18(24-2)10-8-17/h3-10,23H,11-14H2,1-2H3/q+1. The Morgan fingerprint density at radius 3 is 2.52 bits per heavy atom. The maximum Gasteiger partial charge on any atom is 0.281 e. The van der Waals surface area contributed by atoms with Crippen LogP contribution in [0, 0.1) is 6.92 Å². The third kappa shape index (κ3) is 2.69. The largest absolute Gasteiger partial charge is 0.497 e. The topological polar surface area (TPSA) is 44.9 Å². The monoisotopic (exact) mass is 339 g/mol. The Bertz CT molecular complexity index is 799. The first-order valence-electron chi connectivity index (χ1n) is 8.54. The lowest BCUT2D eigenvalue weighted by Crippen LogP contribution is -2.43. The second kappa shape index (κ2) is 6.17. The van der Waals surface area contributed by atoms with E-state index in [1.54, 1.807) is 7.11 Å². The summed E-state index contributed by atoms with van der Waals surface area (Å²) < 4.78 is 13.0. The molecule has 0 bridgehead atoms. The molecule has 0 aliphatic carbocycles. The lowest BCUT2D eigenvalue weighted by atomic mass is 10.0. The van der Waals surface area contributed by atoms with E-state index in [1.807, 2.05) is 48.5 Å². The van der Waals surface area contributed by atoms with Crippen LogP contribution in [0.2, 0.25) is 0 Å². The summed E-state index contributed by atoms with van der Waals surface area (Å²) in [7, 11) is 1.66. The lowest BCUT2D eigenvalue weighted by Gasteiger charge is -2.24. The molecule has 0 saturated heterocycles. The van der Waals surface area contributed by atoms with Crippen LogP contribution in [0.5, 0.6) is 5.75 Å². The summed E-state index contributed by atoms with van der Waals surface area (Å²) in [5.74, 6) is 1.82. The van der Waals surface area contributed by atoms with Crippen LogP contribution in [-0.4, -0.2) is 48.9 Å². The Labute approximate surface area is 147 Å². The number of β-amino-alcohol motifs (C(OH)–C–C–N with tert-alkyl or cyclic N) is 1. The van der Waals surface area contributed by atoms with Gasteiger partial charge in [-0.15, -0.1) is 0 Å². The van der Waals surface area contributed by atoms with E-state index in [9.17, 15) is 5.11 Å². The van der Waals surface area contributed by atoms with Gasteiger partial charge in [0.15, 0.2) is 6.54 Å². The molecule has 2 aromatic rings. The van der Waals surface area contributed by atoms with E-state index in [0.717, 1.165) is 22.8 Å². The molecule has 2 aromatic carbocycles. The van der Waals surface area contributed by atoms with Crippen molar-refractivity contribution < 1.29 is 19.2 Å². The molecule has 0 fully saturated rings. The average Bonchev–Trinajstić information content (AvgIpc) is 2.97. The van der Waals surface area contributed by atoms with Crippen LogP contribution in [-0.2, 0) is 10.5 Å². The van der Waals surface area contributed by atoms with Crippen molar-refractivity contribution in [1.82, 2.24) is 0 Å². The molecule has 2 heterocycles. The van der Waals surface area contributed by atoms with Gasteiger partial charge in [-0.1, -0.05) is 29.8 Å². The van der Waals surface area contributed by atoms with Crippen LogP contribution in [0.3, 0.4) is 0 Å². The number of benzene rings is 2. The van der Waals surface area contributed by atoms with Crippen LogP contribution in [0.15, 0.2) is 48.5 Å². The van der Waals surface area contributed by atoms with Crippen molar-refractivity contribution in [3.05, 3.63) is 59.7 Å². The van der Waals surface area contributed by atoms with Gasteiger partial charge in [-0.3, -0.25) is 0 Å². The summed E-state index contributed by atoms with van der Waals surface area (Å²) in [6.45, 7) is 4.32. The van der Waals surface area contributed by atoms with Crippen molar-refractivity contribution in [2.75, 3.05) is 38.3 Å². The van der Waals surface area contributed by atoms with E-state index in [4.69, 9.17) is 9.47 Å². The summed E-state index contributed by atoms with van der Waals surface area (Å²) in [6, 6.07) is 16.0. The minimum atomic E-state index is -1.05. The summed E-state index contributed by atoms with van der Waals surface area (Å²) in [5, 5.41) is 11.6. The second-order valence-electron chi connectivity index (χ2n) is 6.59. The number of rotatable bonds is 3. The second-order valence-corrected chi connectivity index (χ2v) is 6.59. The molecule has 5 nitrogen and oxygen atoms in total. The maximum atomic E-state index is 11.6. The third-order valence-corrected chi connectivity index (χ3v) is 5.04. The molecular weight excluding hydrogens is 316 g/mol. The predicted octanol–water partition coefficient (Wildman–Crippen LogP) is 2.11. The Hall–Kier alpha value is -2.37. The molecule has 0 amide bonds. The van der Waals surface area contributed by atoms with Gasteiger partial charge in [-0.05, 0) is 31.2 Å². The zero-order valence-electron chi connectivity index (χ0n) is 14.6. The molecule has 130 valence electrons. The van der Waals surface area contributed by atoms with E-state index in [1.165, 1.54) is 5.56 Å². The van der Waals surface area contributed by atoms with Gasteiger partial charge in [0.1, 0.15) is 24.6 Å². The van der Waals surface area contributed by atoms with Crippen LogP contribution in [0.1, 0.15) is 11.1 Å². The Kier molecular flexibility index (Phi) is 3.98. The van der Waals surface area contributed by atoms with Gasteiger partial charge >= 0.3 is 0 Å². The summed E-state index contributed by atoms with van der Waals surface area (Å²) in [5.41, 5.74) is 2.07. The number of methoxy groups -OCH3 is 1. The van der Waals surface area contributed by atoms with Gasteiger partial charge in [0.25, 0.3) is 11.6 Å². The Balaban J connectivity index is 1.75. The van der Waals surface area contributed by atoms with E-state index < -0.39 is 5.72 Å². The van der Waals surface area contributed by atoms with Crippen LogP contribution < -0.4 is 9.64 Å². The number of amidine groups is 1. The van der Waals surface area contributed by atoms with Crippen molar-refractivity contribution in [3.8, 4) is 5.75 Å². The number of aliphatic hydroxyl groups is 1. The molecule has 0 saturated carbocycles. The van der Waals surface area contributed by atoms with Gasteiger partial charge < -0.3 is 14.6 Å². The highest BCUT2D eigenvalue weighted by Gasteiger charge is 2.52. The number of hydrogen-bond donors (Lipinski definition) is 1. The van der Waals surface area contributed by atoms with Gasteiger partial charge in [-0.2, -0.15) is 0 Å². The van der Waals surface area contributed by atoms with E-state index >= 15 is 0 Å². The minimum Gasteiger partial charge on any atom is -0.497 e. The number of anilines is 1. The maximum absolute atomic E-state index is 11.6. The van der Waals surface area contributed by atoms with Crippen molar-refractivity contribution in [2.24, 2.45) is 0 Å². The third-order valence-electron chi connectivity index (χ3n) is 5.04. The molecule has 4 rings (SSSR count). The molecule has 1 unspecified atom stereocenters. The fraction of sp³-hybridized carbons (Fsp3) is 0.350. The molecule has 2 aliphatic heterocycles. The zero-order chi connectivity index (χ0) is 17.4. The highest BCUT2D eigenvalue weighted by atomic mass is 16.5. The Morgan fingerprint density at radius 2 is 1.84 bits per heavy atom. The number of aryl methyl sites for hydroxylation is 1. The number of nitrogens with zero attached hydrogens (tertiary/aromatic N) is 2. The zero-order valence-corrected chi connectivity index (χ0v) is 14.6. The molecule has 1 atom stereocenters. The molecule has 0 aromatic heterocycles. The highest BCUT2D eigenvalue weighted by molar-refractivity contribution is 5.97. The van der Waals surface area contributed by atoms with Gasteiger partial charge in [0.2, 0.25) is 0 Å². The fourth-order valence-electron chi connectivity index (χ4n) is 3.62. The van der Waals surface area contributed by atoms with Gasteiger partial charge in [-0.25, -0.2) is 9.48 Å². The predicted molar refractivity (Wildman–Crippen MR) is 96.4 cm³/mol. The van der Waals surface area contributed by atoms with E-state index in [-0.39, 0.29) is 0 Å². The minimum absolute atomic E-state index is 0.473. The fourth-order valence-corrected chi connectivity index (χ4v) is 3.62. The van der Waals surface area contributed by atoms with E-state index in [2.05, 4.69) is 16.4 Å². The number of hydrogen-bond acceptors (Lipinski definition) is 4. The van der Waals surface area contributed by atoms with Gasteiger partial charge in [0, 0.05) is 5.56 Å². The van der Waals surface area contributed by atoms with Crippen molar-refractivity contribution >= 4 is 11.5 Å². The molecule has 5 heteroatoms. The quantitative estimate of drug-likeness (QED) is 0.870. The first kappa shape index (κ1) is 16.1. The van der Waals surface area contributed by atoms with Gasteiger partial charge in [0.05, 0.1) is 13.7 Å². The lowest BCUT2D eigenvalue weighted by molar-refractivity contribution is -0.663. The molecule has 0 spiro atoms. The molecule has 25 heavy (non-hydrogen) atoms. The highest BCUT2D eigenvalue weighted by Crippen LogP contribution is 2.34. The van der Waals surface area contributed by atoms with Crippen LogP contribution in [0.25, 0.3) is 0 Å².